The Morgan fingerprint density at radius 2 is 2.18 bits per heavy atom. The summed E-state index contributed by atoms with van der Waals surface area (Å²) in [4.78, 5) is 21.2. The first-order valence-corrected chi connectivity index (χ1v) is 6.03. The van der Waals surface area contributed by atoms with Gasteiger partial charge >= 0.3 is 0 Å². The van der Waals surface area contributed by atoms with E-state index in [1.54, 1.807) is 6.33 Å². The van der Waals surface area contributed by atoms with Crippen LogP contribution in [0.1, 0.15) is 18.4 Å². The minimum atomic E-state index is 0.237. The van der Waals surface area contributed by atoms with Crippen LogP contribution >= 0.6 is 0 Å². The van der Waals surface area contributed by atoms with Crippen LogP contribution in [0.4, 0.5) is 0 Å². The lowest BCUT2D eigenvalue weighted by Crippen LogP contribution is -2.29. The van der Waals surface area contributed by atoms with Crippen molar-refractivity contribution in [2.24, 2.45) is 0 Å². The Balaban J connectivity index is 1.77. The number of nitrogens with one attached hydrogen (secondary N) is 1. The molecule has 1 amide bonds. The van der Waals surface area contributed by atoms with Crippen molar-refractivity contribution in [1.82, 2.24) is 14.9 Å². The Morgan fingerprint density at radius 1 is 1.35 bits per heavy atom. The molecule has 4 heteroatoms. The van der Waals surface area contributed by atoms with Gasteiger partial charge in [-0.05, 0) is 30.5 Å². The third-order valence-electron chi connectivity index (χ3n) is 3.30. The Bertz CT molecular complexity index is 540. The predicted molar refractivity (Wildman–Crippen MR) is 65.6 cm³/mol. The molecule has 2 aromatic rings. The molecule has 17 heavy (non-hydrogen) atoms. The van der Waals surface area contributed by atoms with E-state index in [4.69, 9.17) is 0 Å². The Hall–Kier alpha value is -1.84. The van der Waals surface area contributed by atoms with Crippen LogP contribution < -0.4 is 0 Å². The molecule has 0 atom stereocenters. The minimum Gasteiger partial charge on any atom is -0.345 e. The second-order valence-corrected chi connectivity index (χ2v) is 4.52. The molecule has 0 spiro atoms. The smallest absolute Gasteiger partial charge is 0.226 e. The van der Waals surface area contributed by atoms with E-state index in [1.807, 2.05) is 23.1 Å². The Kier molecular flexibility index (Phi) is 2.55. The van der Waals surface area contributed by atoms with E-state index in [-0.39, 0.29) is 5.91 Å². The molecular formula is C13H15N3O. The number of imidazole rings is 1. The summed E-state index contributed by atoms with van der Waals surface area (Å²) in [6, 6.07) is 5.95. The first kappa shape index (κ1) is 10.3. The van der Waals surface area contributed by atoms with Crippen LogP contribution in [-0.2, 0) is 11.2 Å². The highest BCUT2D eigenvalue weighted by molar-refractivity contribution is 5.81. The summed E-state index contributed by atoms with van der Waals surface area (Å²) >= 11 is 0. The highest BCUT2D eigenvalue weighted by Crippen LogP contribution is 2.14. The van der Waals surface area contributed by atoms with Crippen molar-refractivity contribution in [2.75, 3.05) is 13.1 Å². The van der Waals surface area contributed by atoms with Crippen LogP contribution in [0.15, 0.2) is 24.5 Å². The van der Waals surface area contributed by atoms with E-state index in [0.29, 0.717) is 6.42 Å². The van der Waals surface area contributed by atoms with E-state index in [9.17, 15) is 4.79 Å². The molecule has 1 aliphatic rings. The highest BCUT2D eigenvalue weighted by Gasteiger charge is 2.17. The fourth-order valence-electron chi connectivity index (χ4n) is 2.35. The molecule has 1 aromatic carbocycles. The molecule has 1 aromatic heterocycles. The normalized spacial score (nSPS) is 15.6. The highest BCUT2D eigenvalue weighted by atomic mass is 16.2. The molecule has 1 N–H and O–H groups in total. The third-order valence-corrected chi connectivity index (χ3v) is 3.30. The maximum atomic E-state index is 12.0. The molecule has 1 fully saturated rings. The summed E-state index contributed by atoms with van der Waals surface area (Å²) < 4.78 is 0. The number of likely N-dealkylation sites (tertiary alicyclic amines) is 1. The maximum Gasteiger partial charge on any atom is 0.226 e. The summed E-state index contributed by atoms with van der Waals surface area (Å²) in [7, 11) is 0. The molecule has 88 valence electrons. The monoisotopic (exact) mass is 229 g/mol. The van der Waals surface area contributed by atoms with Gasteiger partial charge in [0, 0.05) is 13.1 Å². The number of rotatable bonds is 2. The quantitative estimate of drug-likeness (QED) is 0.852. The number of hydrogen-bond acceptors (Lipinski definition) is 2. The van der Waals surface area contributed by atoms with Crippen molar-refractivity contribution in [2.45, 2.75) is 19.3 Å². The third kappa shape index (κ3) is 2.02. The molecule has 0 saturated carbocycles. The van der Waals surface area contributed by atoms with E-state index >= 15 is 0 Å². The van der Waals surface area contributed by atoms with Crippen LogP contribution in [0, 0.1) is 0 Å². The molecule has 2 heterocycles. The largest absolute Gasteiger partial charge is 0.345 e. The van der Waals surface area contributed by atoms with Gasteiger partial charge in [-0.25, -0.2) is 4.98 Å². The number of carbonyl (C=O) groups excluding carboxylic acids is 1. The van der Waals surface area contributed by atoms with Gasteiger partial charge < -0.3 is 9.88 Å². The molecule has 0 radical (unpaired) electrons. The lowest BCUT2D eigenvalue weighted by atomic mass is 10.1. The predicted octanol–water partition coefficient (Wildman–Crippen LogP) is 1.73. The fourth-order valence-corrected chi connectivity index (χ4v) is 2.35. The number of hydrogen-bond donors (Lipinski definition) is 1. The zero-order valence-electron chi connectivity index (χ0n) is 9.65. The molecule has 1 saturated heterocycles. The second kappa shape index (κ2) is 4.20. The van der Waals surface area contributed by atoms with Gasteiger partial charge in [0.1, 0.15) is 0 Å². The van der Waals surface area contributed by atoms with Gasteiger partial charge in [0.25, 0.3) is 0 Å². The van der Waals surface area contributed by atoms with Crippen molar-refractivity contribution in [3.63, 3.8) is 0 Å². The van der Waals surface area contributed by atoms with Gasteiger partial charge in [-0.15, -0.1) is 0 Å². The zero-order chi connectivity index (χ0) is 11.7. The van der Waals surface area contributed by atoms with Gasteiger partial charge in [-0.3, -0.25) is 4.79 Å². The van der Waals surface area contributed by atoms with Crippen molar-refractivity contribution in [3.8, 4) is 0 Å². The summed E-state index contributed by atoms with van der Waals surface area (Å²) in [5.41, 5.74) is 3.00. The summed E-state index contributed by atoms with van der Waals surface area (Å²) in [5.74, 6) is 0.237. The number of aromatic nitrogens is 2. The van der Waals surface area contributed by atoms with Crippen molar-refractivity contribution >= 4 is 16.9 Å². The molecule has 3 rings (SSSR count). The van der Waals surface area contributed by atoms with Gasteiger partial charge in [-0.2, -0.15) is 0 Å². The molecular weight excluding hydrogens is 214 g/mol. The van der Waals surface area contributed by atoms with Crippen LogP contribution in [0.2, 0.25) is 0 Å². The standard InChI is InChI=1S/C13H15N3O/c17-13(16-5-1-2-6-16)8-10-3-4-11-12(7-10)15-9-14-11/h3-4,7,9H,1-2,5-6,8H2,(H,14,15). The summed E-state index contributed by atoms with van der Waals surface area (Å²) in [6.07, 6.45) is 4.46. The topological polar surface area (TPSA) is 49.0 Å². The molecule has 0 bridgehead atoms. The SMILES string of the molecule is O=C(Cc1ccc2nc[nH]c2c1)N1CCCC1. The number of benzene rings is 1. The van der Waals surface area contributed by atoms with E-state index < -0.39 is 0 Å². The van der Waals surface area contributed by atoms with Crippen LogP contribution in [0.3, 0.4) is 0 Å². The average Bonchev–Trinajstić information content (AvgIpc) is 2.99. The van der Waals surface area contributed by atoms with Crippen LogP contribution in [0.5, 0.6) is 0 Å². The number of fused-ring (bicyclic) bond motifs is 1. The number of amides is 1. The van der Waals surface area contributed by atoms with Crippen molar-refractivity contribution < 1.29 is 4.79 Å². The maximum absolute atomic E-state index is 12.0. The van der Waals surface area contributed by atoms with Gasteiger partial charge in [0.15, 0.2) is 0 Å². The first-order valence-electron chi connectivity index (χ1n) is 6.03. The van der Waals surface area contributed by atoms with Gasteiger partial charge in [-0.1, -0.05) is 6.07 Å². The lowest BCUT2D eigenvalue weighted by molar-refractivity contribution is -0.129. The molecule has 0 unspecified atom stereocenters. The molecule has 1 aliphatic heterocycles. The second-order valence-electron chi connectivity index (χ2n) is 4.52. The van der Waals surface area contributed by atoms with Crippen molar-refractivity contribution in [3.05, 3.63) is 30.1 Å². The van der Waals surface area contributed by atoms with Gasteiger partial charge in [0.05, 0.1) is 23.8 Å². The van der Waals surface area contributed by atoms with E-state index in [0.717, 1.165) is 42.5 Å². The number of aromatic amines is 1. The van der Waals surface area contributed by atoms with Crippen LogP contribution in [-0.4, -0.2) is 33.9 Å². The zero-order valence-corrected chi connectivity index (χ0v) is 9.65. The number of nitrogens with zero attached hydrogens (tertiary/aromatic N) is 2. The summed E-state index contributed by atoms with van der Waals surface area (Å²) in [6.45, 7) is 1.84. The Morgan fingerprint density at radius 3 is 3.00 bits per heavy atom. The Labute approximate surface area is 99.6 Å². The first-order chi connectivity index (χ1) is 8.33. The average molecular weight is 229 g/mol. The lowest BCUT2D eigenvalue weighted by Gasteiger charge is -2.14. The number of carbonyl (C=O) groups is 1. The van der Waals surface area contributed by atoms with E-state index in [1.165, 1.54) is 0 Å². The summed E-state index contributed by atoms with van der Waals surface area (Å²) in [5, 5.41) is 0. The van der Waals surface area contributed by atoms with Crippen LogP contribution in [0.25, 0.3) is 11.0 Å². The molecule has 0 aliphatic carbocycles. The van der Waals surface area contributed by atoms with Crippen molar-refractivity contribution in [1.29, 1.82) is 0 Å². The van der Waals surface area contributed by atoms with Gasteiger partial charge in [0.2, 0.25) is 5.91 Å². The number of H-pyrrole nitrogens is 1. The fraction of sp³-hybridized carbons (Fsp3) is 0.385. The minimum absolute atomic E-state index is 0.237. The molecule has 4 nitrogen and oxygen atoms in total. The van der Waals surface area contributed by atoms with E-state index in [2.05, 4.69) is 9.97 Å².